The maximum absolute atomic E-state index is 11.9. The quantitative estimate of drug-likeness (QED) is 0.755. The fraction of sp³-hybridized carbons (Fsp3) is 0.455. The second kappa shape index (κ2) is 4.83. The highest BCUT2D eigenvalue weighted by Crippen LogP contribution is 2.22. The normalized spacial score (nSPS) is 10.5. The van der Waals surface area contributed by atoms with Crippen LogP contribution in [0.3, 0.4) is 0 Å². The summed E-state index contributed by atoms with van der Waals surface area (Å²) in [5.74, 6) is 0.0271. The molecule has 0 saturated carbocycles. The molecule has 5 heteroatoms. The molecule has 0 radical (unpaired) electrons. The first-order valence-corrected chi connectivity index (χ1v) is 5.19. The van der Waals surface area contributed by atoms with Crippen LogP contribution < -0.4 is 5.73 Å². The zero-order valence-corrected chi connectivity index (χ0v) is 9.95. The number of carbonyl (C=O) groups excluding carboxylic acids is 1. The summed E-state index contributed by atoms with van der Waals surface area (Å²) in [5.41, 5.74) is 7.40. The third kappa shape index (κ3) is 2.24. The number of rotatable bonds is 4. The van der Waals surface area contributed by atoms with Crippen LogP contribution in [0.15, 0.2) is 12.7 Å². The number of aromatic nitrogens is 2. The van der Waals surface area contributed by atoms with Gasteiger partial charge in [0.1, 0.15) is 0 Å². The van der Waals surface area contributed by atoms with E-state index in [0.29, 0.717) is 12.2 Å². The summed E-state index contributed by atoms with van der Waals surface area (Å²) in [7, 11) is 1.69. The van der Waals surface area contributed by atoms with Crippen molar-refractivity contribution in [2.24, 2.45) is 0 Å². The number of hydrogen-bond donors (Lipinski definition) is 2. The average Bonchev–Trinajstić information content (AvgIpc) is 2.59. The number of H-pyrrole nitrogens is 1. The minimum absolute atomic E-state index is 0.194. The Morgan fingerprint density at radius 3 is 2.75 bits per heavy atom. The molecular weight excluding hydrogens is 204 g/mol. The Morgan fingerprint density at radius 2 is 2.31 bits per heavy atom. The number of hydrogen-bond acceptors (Lipinski definition) is 3. The SMILES string of the molecule is C=CCN(C)C(=O)c1n[nH]c(C(C)C)c1N. The number of aromatic amines is 1. The van der Waals surface area contributed by atoms with Crippen molar-refractivity contribution in [1.82, 2.24) is 15.1 Å². The molecule has 0 saturated heterocycles. The van der Waals surface area contributed by atoms with Crippen LogP contribution in [0.25, 0.3) is 0 Å². The largest absolute Gasteiger partial charge is 0.395 e. The average molecular weight is 222 g/mol. The Bertz CT molecular complexity index is 395. The predicted molar refractivity (Wildman–Crippen MR) is 64.2 cm³/mol. The summed E-state index contributed by atoms with van der Waals surface area (Å²) in [5, 5.41) is 6.77. The second-order valence-electron chi connectivity index (χ2n) is 4.03. The summed E-state index contributed by atoms with van der Waals surface area (Å²) in [6, 6.07) is 0. The molecular formula is C11H18N4O. The molecule has 0 aliphatic heterocycles. The van der Waals surface area contributed by atoms with Crippen molar-refractivity contribution in [1.29, 1.82) is 0 Å². The maximum atomic E-state index is 11.9. The van der Waals surface area contributed by atoms with Crippen molar-refractivity contribution in [3.63, 3.8) is 0 Å². The van der Waals surface area contributed by atoms with E-state index in [1.807, 2.05) is 13.8 Å². The second-order valence-corrected chi connectivity index (χ2v) is 4.03. The van der Waals surface area contributed by atoms with Gasteiger partial charge in [-0.1, -0.05) is 19.9 Å². The van der Waals surface area contributed by atoms with Crippen LogP contribution >= 0.6 is 0 Å². The van der Waals surface area contributed by atoms with Crippen LogP contribution in [0.4, 0.5) is 5.69 Å². The topological polar surface area (TPSA) is 75.0 Å². The van der Waals surface area contributed by atoms with Crippen molar-refractivity contribution < 1.29 is 4.79 Å². The number of carbonyl (C=O) groups is 1. The Kier molecular flexibility index (Phi) is 3.71. The number of nitrogens with two attached hydrogens (primary N) is 1. The number of amides is 1. The standard InChI is InChI=1S/C11H18N4O/c1-5-6-15(4)11(16)10-8(12)9(7(2)3)13-14-10/h5,7H,1,6,12H2,2-4H3,(H,13,14). The van der Waals surface area contributed by atoms with Crippen molar-refractivity contribution in [3.05, 3.63) is 24.0 Å². The van der Waals surface area contributed by atoms with Crippen molar-refractivity contribution in [2.75, 3.05) is 19.3 Å². The van der Waals surface area contributed by atoms with Crippen LogP contribution in [-0.4, -0.2) is 34.6 Å². The van der Waals surface area contributed by atoms with E-state index < -0.39 is 0 Å². The van der Waals surface area contributed by atoms with E-state index in [-0.39, 0.29) is 17.5 Å². The Hall–Kier alpha value is -1.78. The van der Waals surface area contributed by atoms with Gasteiger partial charge in [-0.15, -0.1) is 6.58 Å². The number of nitrogens with one attached hydrogen (secondary N) is 1. The molecule has 0 spiro atoms. The lowest BCUT2D eigenvalue weighted by atomic mass is 10.1. The molecule has 1 aromatic heterocycles. The van der Waals surface area contributed by atoms with Gasteiger partial charge in [-0.05, 0) is 5.92 Å². The van der Waals surface area contributed by atoms with E-state index >= 15 is 0 Å². The van der Waals surface area contributed by atoms with E-state index in [0.717, 1.165) is 5.69 Å². The van der Waals surface area contributed by atoms with Crippen LogP contribution in [0, 0.1) is 0 Å². The van der Waals surface area contributed by atoms with Crippen molar-refractivity contribution in [3.8, 4) is 0 Å². The predicted octanol–water partition coefficient (Wildman–Crippen LogP) is 1.37. The first-order valence-electron chi connectivity index (χ1n) is 5.19. The summed E-state index contributed by atoms with van der Waals surface area (Å²) in [4.78, 5) is 13.4. The minimum Gasteiger partial charge on any atom is -0.395 e. The molecule has 0 aliphatic rings. The van der Waals surface area contributed by atoms with Gasteiger partial charge in [-0.3, -0.25) is 9.89 Å². The fourth-order valence-electron chi connectivity index (χ4n) is 1.42. The van der Waals surface area contributed by atoms with Crippen LogP contribution in [0.5, 0.6) is 0 Å². The molecule has 0 aromatic carbocycles. The summed E-state index contributed by atoms with van der Waals surface area (Å²) < 4.78 is 0. The summed E-state index contributed by atoms with van der Waals surface area (Å²) in [6.07, 6.45) is 1.66. The molecule has 0 aliphatic carbocycles. The molecule has 0 bridgehead atoms. The summed E-state index contributed by atoms with van der Waals surface area (Å²) >= 11 is 0. The zero-order chi connectivity index (χ0) is 12.3. The van der Waals surface area contributed by atoms with E-state index in [4.69, 9.17) is 5.73 Å². The molecule has 5 nitrogen and oxygen atoms in total. The van der Waals surface area contributed by atoms with Gasteiger partial charge in [0, 0.05) is 13.6 Å². The molecule has 0 unspecified atom stereocenters. The molecule has 16 heavy (non-hydrogen) atoms. The lowest BCUT2D eigenvalue weighted by molar-refractivity contribution is 0.0805. The first-order chi connectivity index (χ1) is 7.49. The number of nitrogen functional groups attached to an aromatic ring is 1. The zero-order valence-electron chi connectivity index (χ0n) is 9.95. The highest BCUT2D eigenvalue weighted by molar-refractivity contribution is 5.97. The van der Waals surface area contributed by atoms with Gasteiger partial charge in [-0.25, -0.2) is 0 Å². The van der Waals surface area contributed by atoms with Gasteiger partial charge in [0.2, 0.25) is 0 Å². The molecule has 1 heterocycles. The van der Waals surface area contributed by atoms with E-state index in [1.165, 1.54) is 4.90 Å². The van der Waals surface area contributed by atoms with Crippen molar-refractivity contribution in [2.45, 2.75) is 19.8 Å². The van der Waals surface area contributed by atoms with Gasteiger partial charge in [0.15, 0.2) is 5.69 Å². The summed E-state index contributed by atoms with van der Waals surface area (Å²) in [6.45, 7) is 8.04. The monoisotopic (exact) mass is 222 g/mol. The van der Waals surface area contributed by atoms with Crippen LogP contribution in [0.1, 0.15) is 35.9 Å². The fourth-order valence-corrected chi connectivity index (χ4v) is 1.42. The van der Waals surface area contributed by atoms with Gasteiger partial charge in [0.05, 0.1) is 11.4 Å². The number of anilines is 1. The van der Waals surface area contributed by atoms with Gasteiger partial charge < -0.3 is 10.6 Å². The minimum atomic E-state index is -0.194. The lowest BCUT2D eigenvalue weighted by Crippen LogP contribution is -2.27. The molecule has 1 rings (SSSR count). The third-order valence-electron chi connectivity index (χ3n) is 2.36. The van der Waals surface area contributed by atoms with Gasteiger partial charge >= 0.3 is 0 Å². The molecule has 1 aromatic rings. The Balaban J connectivity index is 2.96. The third-order valence-corrected chi connectivity index (χ3v) is 2.36. The molecule has 0 fully saturated rings. The molecule has 3 N–H and O–H groups in total. The maximum Gasteiger partial charge on any atom is 0.276 e. The van der Waals surface area contributed by atoms with Crippen LogP contribution in [-0.2, 0) is 0 Å². The smallest absolute Gasteiger partial charge is 0.276 e. The molecule has 88 valence electrons. The van der Waals surface area contributed by atoms with Gasteiger partial charge in [-0.2, -0.15) is 5.10 Å². The molecule has 0 atom stereocenters. The molecule has 1 amide bonds. The van der Waals surface area contributed by atoms with Crippen molar-refractivity contribution >= 4 is 11.6 Å². The Labute approximate surface area is 95.3 Å². The van der Waals surface area contributed by atoms with E-state index in [2.05, 4.69) is 16.8 Å². The number of likely N-dealkylation sites (N-methyl/N-ethyl adjacent to an activating group) is 1. The van der Waals surface area contributed by atoms with Gasteiger partial charge in [0.25, 0.3) is 5.91 Å². The highest BCUT2D eigenvalue weighted by atomic mass is 16.2. The van der Waals surface area contributed by atoms with E-state index in [9.17, 15) is 4.79 Å². The van der Waals surface area contributed by atoms with Crippen LogP contribution in [0.2, 0.25) is 0 Å². The van der Waals surface area contributed by atoms with E-state index in [1.54, 1.807) is 13.1 Å². The number of nitrogens with zero attached hydrogens (tertiary/aromatic N) is 2. The lowest BCUT2D eigenvalue weighted by Gasteiger charge is -2.13. The Morgan fingerprint density at radius 1 is 1.69 bits per heavy atom. The first kappa shape index (κ1) is 12.3. The highest BCUT2D eigenvalue weighted by Gasteiger charge is 2.20.